The third-order valence-electron chi connectivity index (χ3n) is 2.56. The van der Waals surface area contributed by atoms with E-state index in [0.717, 1.165) is 16.1 Å². The van der Waals surface area contributed by atoms with Crippen LogP contribution in [-0.4, -0.2) is 10.5 Å². The SMILES string of the molecule is CC(C)(C)NCc1sc(=O)[nH]c1-c1ccccc1. The molecule has 0 unspecified atom stereocenters. The molecule has 2 N–H and O–H groups in total. The largest absolute Gasteiger partial charge is 0.312 e. The molecule has 0 aliphatic carbocycles. The number of H-pyrrole nitrogens is 1. The van der Waals surface area contributed by atoms with Crippen molar-refractivity contribution in [3.8, 4) is 11.3 Å². The molecule has 0 amide bonds. The molecule has 0 saturated carbocycles. The van der Waals surface area contributed by atoms with Crippen LogP contribution in [0.15, 0.2) is 35.1 Å². The second-order valence-corrected chi connectivity index (χ2v) is 6.35. The van der Waals surface area contributed by atoms with Gasteiger partial charge in [0.2, 0.25) is 0 Å². The normalized spacial score (nSPS) is 11.7. The van der Waals surface area contributed by atoms with Crippen LogP contribution in [0.1, 0.15) is 25.6 Å². The molecular weight excluding hydrogens is 244 g/mol. The van der Waals surface area contributed by atoms with Crippen molar-refractivity contribution in [3.63, 3.8) is 0 Å². The Kier molecular flexibility index (Phi) is 3.68. The second kappa shape index (κ2) is 5.08. The van der Waals surface area contributed by atoms with Gasteiger partial charge in [0, 0.05) is 17.0 Å². The van der Waals surface area contributed by atoms with Crippen molar-refractivity contribution in [2.45, 2.75) is 32.9 Å². The lowest BCUT2D eigenvalue weighted by Crippen LogP contribution is -2.34. The van der Waals surface area contributed by atoms with Gasteiger partial charge in [0.1, 0.15) is 0 Å². The average Bonchev–Trinajstić information content (AvgIpc) is 2.68. The van der Waals surface area contributed by atoms with Gasteiger partial charge >= 0.3 is 4.87 Å². The lowest BCUT2D eigenvalue weighted by molar-refractivity contribution is 0.426. The first-order chi connectivity index (χ1) is 8.46. The van der Waals surface area contributed by atoms with Crippen molar-refractivity contribution < 1.29 is 0 Å². The summed E-state index contributed by atoms with van der Waals surface area (Å²) in [6, 6.07) is 9.96. The van der Waals surface area contributed by atoms with E-state index in [1.807, 2.05) is 30.3 Å². The minimum Gasteiger partial charge on any atom is -0.312 e. The molecule has 0 atom stereocenters. The Balaban J connectivity index is 2.29. The minimum atomic E-state index is -0.000405. The van der Waals surface area contributed by atoms with E-state index in [1.165, 1.54) is 11.3 Å². The molecule has 0 aliphatic rings. The van der Waals surface area contributed by atoms with Crippen LogP contribution in [0.3, 0.4) is 0 Å². The zero-order chi connectivity index (χ0) is 13.2. The number of thiazole rings is 1. The van der Waals surface area contributed by atoms with Gasteiger partial charge in [0.15, 0.2) is 0 Å². The van der Waals surface area contributed by atoms with E-state index in [-0.39, 0.29) is 10.4 Å². The fourth-order valence-corrected chi connectivity index (χ4v) is 2.46. The van der Waals surface area contributed by atoms with Gasteiger partial charge in [-0.3, -0.25) is 4.79 Å². The highest BCUT2D eigenvalue weighted by atomic mass is 32.1. The van der Waals surface area contributed by atoms with Crippen molar-refractivity contribution in [1.29, 1.82) is 0 Å². The molecule has 2 aromatic rings. The van der Waals surface area contributed by atoms with Gasteiger partial charge in [0.05, 0.1) is 5.69 Å². The third-order valence-corrected chi connectivity index (χ3v) is 3.45. The average molecular weight is 262 g/mol. The first-order valence-corrected chi connectivity index (χ1v) is 6.80. The van der Waals surface area contributed by atoms with E-state index in [0.29, 0.717) is 6.54 Å². The van der Waals surface area contributed by atoms with Gasteiger partial charge in [0.25, 0.3) is 0 Å². The Bertz CT molecular complexity index is 563. The summed E-state index contributed by atoms with van der Waals surface area (Å²) in [5.41, 5.74) is 2.03. The van der Waals surface area contributed by atoms with E-state index in [2.05, 4.69) is 31.1 Å². The van der Waals surface area contributed by atoms with Crippen LogP contribution in [0.5, 0.6) is 0 Å². The fraction of sp³-hybridized carbons (Fsp3) is 0.357. The van der Waals surface area contributed by atoms with Gasteiger partial charge in [-0.15, -0.1) is 0 Å². The molecule has 0 saturated heterocycles. The molecule has 1 heterocycles. The first kappa shape index (κ1) is 13.1. The second-order valence-electron chi connectivity index (χ2n) is 5.28. The number of aromatic nitrogens is 1. The van der Waals surface area contributed by atoms with Crippen molar-refractivity contribution in [2.24, 2.45) is 0 Å². The van der Waals surface area contributed by atoms with Crippen molar-refractivity contribution in [2.75, 3.05) is 0 Å². The summed E-state index contributed by atoms with van der Waals surface area (Å²) in [4.78, 5) is 15.5. The van der Waals surface area contributed by atoms with Gasteiger partial charge in [-0.1, -0.05) is 41.7 Å². The van der Waals surface area contributed by atoms with E-state index in [1.54, 1.807) is 0 Å². The van der Waals surface area contributed by atoms with E-state index in [9.17, 15) is 4.79 Å². The van der Waals surface area contributed by atoms with E-state index < -0.39 is 0 Å². The number of benzene rings is 1. The fourth-order valence-electron chi connectivity index (χ4n) is 1.67. The van der Waals surface area contributed by atoms with Gasteiger partial charge < -0.3 is 10.3 Å². The van der Waals surface area contributed by atoms with Crippen LogP contribution in [0.4, 0.5) is 0 Å². The Labute approximate surface area is 111 Å². The van der Waals surface area contributed by atoms with Crippen molar-refractivity contribution >= 4 is 11.3 Å². The topological polar surface area (TPSA) is 44.9 Å². The first-order valence-electron chi connectivity index (χ1n) is 5.98. The molecule has 96 valence electrons. The number of aromatic amines is 1. The highest BCUT2D eigenvalue weighted by Crippen LogP contribution is 2.23. The molecule has 0 radical (unpaired) electrons. The molecule has 0 bridgehead atoms. The molecule has 0 aliphatic heterocycles. The number of hydrogen-bond donors (Lipinski definition) is 2. The number of hydrogen-bond acceptors (Lipinski definition) is 3. The van der Waals surface area contributed by atoms with Gasteiger partial charge in [-0.05, 0) is 26.3 Å². The maximum atomic E-state index is 11.5. The van der Waals surface area contributed by atoms with Crippen LogP contribution in [0.2, 0.25) is 0 Å². The maximum absolute atomic E-state index is 11.5. The summed E-state index contributed by atoms with van der Waals surface area (Å²) >= 11 is 1.28. The quantitative estimate of drug-likeness (QED) is 0.893. The third kappa shape index (κ3) is 3.31. The summed E-state index contributed by atoms with van der Waals surface area (Å²) in [5, 5.41) is 3.41. The summed E-state index contributed by atoms with van der Waals surface area (Å²) in [7, 11) is 0. The molecular formula is C14H18N2OS. The molecule has 18 heavy (non-hydrogen) atoms. The van der Waals surface area contributed by atoms with Gasteiger partial charge in [-0.2, -0.15) is 0 Å². The molecule has 4 heteroatoms. The van der Waals surface area contributed by atoms with Crippen molar-refractivity contribution in [3.05, 3.63) is 44.9 Å². The Hall–Kier alpha value is -1.39. The summed E-state index contributed by atoms with van der Waals surface area (Å²) < 4.78 is 0. The molecule has 2 rings (SSSR count). The van der Waals surface area contributed by atoms with E-state index >= 15 is 0 Å². The summed E-state index contributed by atoms with van der Waals surface area (Å²) in [5.74, 6) is 0. The predicted molar refractivity (Wildman–Crippen MR) is 77.0 cm³/mol. The highest BCUT2D eigenvalue weighted by molar-refractivity contribution is 7.09. The summed E-state index contributed by atoms with van der Waals surface area (Å²) in [6.07, 6.45) is 0. The molecule has 0 spiro atoms. The maximum Gasteiger partial charge on any atom is 0.305 e. The Morgan fingerprint density at radius 2 is 1.89 bits per heavy atom. The van der Waals surface area contributed by atoms with Gasteiger partial charge in [-0.25, -0.2) is 0 Å². The van der Waals surface area contributed by atoms with Crippen LogP contribution in [0, 0.1) is 0 Å². The molecule has 3 nitrogen and oxygen atoms in total. The monoisotopic (exact) mass is 262 g/mol. The van der Waals surface area contributed by atoms with E-state index in [4.69, 9.17) is 0 Å². The van der Waals surface area contributed by atoms with Crippen molar-refractivity contribution in [1.82, 2.24) is 10.3 Å². The zero-order valence-corrected chi connectivity index (χ0v) is 11.7. The zero-order valence-electron chi connectivity index (χ0n) is 10.9. The standard InChI is InChI=1S/C14H18N2OS/c1-14(2,3)15-9-11-12(16-13(17)18-11)10-7-5-4-6-8-10/h4-8,15H,9H2,1-3H3,(H,16,17). The predicted octanol–water partition coefficient (Wildman–Crippen LogP) is 2.99. The molecule has 1 aromatic carbocycles. The Morgan fingerprint density at radius 1 is 1.22 bits per heavy atom. The molecule has 1 aromatic heterocycles. The summed E-state index contributed by atoms with van der Waals surface area (Å²) in [6.45, 7) is 7.05. The van der Waals surface area contributed by atoms with Crippen LogP contribution in [0.25, 0.3) is 11.3 Å². The number of nitrogens with one attached hydrogen (secondary N) is 2. The highest BCUT2D eigenvalue weighted by Gasteiger charge is 2.13. The number of rotatable bonds is 3. The lowest BCUT2D eigenvalue weighted by atomic mass is 10.1. The van der Waals surface area contributed by atoms with Crippen LogP contribution >= 0.6 is 11.3 Å². The minimum absolute atomic E-state index is 0.000405. The van der Waals surface area contributed by atoms with Crippen LogP contribution in [-0.2, 0) is 6.54 Å². The Morgan fingerprint density at radius 3 is 2.50 bits per heavy atom. The lowest BCUT2D eigenvalue weighted by Gasteiger charge is -2.20. The van der Waals surface area contributed by atoms with Crippen LogP contribution < -0.4 is 10.2 Å². The smallest absolute Gasteiger partial charge is 0.305 e. The molecule has 0 fully saturated rings.